The average molecular weight is 391 g/mol. The summed E-state index contributed by atoms with van der Waals surface area (Å²) in [4.78, 5) is 12.9. The molecule has 1 aromatic heterocycles. The number of benzene rings is 1. The van der Waals surface area contributed by atoms with Gasteiger partial charge in [-0.2, -0.15) is 5.26 Å². The molecule has 134 valence electrons. The van der Waals surface area contributed by atoms with Crippen molar-refractivity contribution in [2.45, 2.75) is 38.6 Å². The number of nitrogens with zero attached hydrogens (tertiary/aromatic N) is 4. The van der Waals surface area contributed by atoms with E-state index in [4.69, 9.17) is 23.2 Å². The Bertz CT molecular complexity index is 986. The van der Waals surface area contributed by atoms with Gasteiger partial charge in [-0.15, -0.1) is 10.2 Å². The van der Waals surface area contributed by atoms with Gasteiger partial charge in [-0.1, -0.05) is 36.0 Å². The Morgan fingerprint density at radius 3 is 2.62 bits per heavy atom. The molecule has 3 rings (SSSR count). The highest BCUT2D eigenvalue weighted by Gasteiger charge is 2.26. The van der Waals surface area contributed by atoms with Crippen LogP contribution in [0.4, 0.5) is 11.4 Å². The van der Waals surface area contributed by atoms with Crippen LogP contribution in [0.15, 0.2) is 33.2 Å². The smallest absolute Gasteiger partial charge is 0.281 e. The second-order valence-corrected chi connectivity index (χ2v) is 7.04. The molecule has 0 atom stereocenters. The van der Waals surface area contributed by atoms with Crippen LogP contribution >= 0.6 is 23.2 Å². The van der Waals surface area contributed by atoms with E-state index in [1.54, 1.807) is 19.1 Å². The van der Waals surface area contributed by atoms with Gasteiger partial charge in [0, 0.05) is 16.6 Å². The van der Waals surface area contributed by atoms with Gasteiger partial charge in [-0.3, -0.25) is 9.36 Å². The Balaban J connectivity index is 2.16. The summed E-state index contributed by atoms with van der Waals surface area (Å²) >= 11 is 12.0. The quantitative estimate of drug-likeness (QED) is 0.694. The maximum absolute atomic E-state index is 12.9. The first-order valence-corrected chi connectivity index (χ1v) is 8.94. The van der Waals surface area contributed by atoms with Gasteiger partial charge in [0.1, 0.15) is 17.3 Å². The van der Waals surface area contributed by atoms with E-state index >= 15 is 0 Å². The summed E-state index contributed by atoms with van der Waals surface area (Å²) in [5.41, 5.74) is 0.181. The van der Waals surface area contributed by atoms with Crippen molar-refractivity contribution in [3.05, 3.63) is 49.7 Å². The van der Waals surface area contributed by atoms with Crippen LogP contribution in [0.5, 0.6) is 5.88 Å². The van der Waals surface area contributed by atoms with Crippen molar-refractivity contribution in [3.63, 3.8) is 0 Å². The number of halogens is 2. The van der Waals surface area contributed by atoms with Crippen LogP contribution in [0.25, 0.3) is 0 Å². The zero-order valence-corrected chi connectivity index (χ0v) is 15.5. The van der Waals surface area contributed by atoms with Crippen molar-refractivity contribution in [1.29, 1.82) is 5.26 Å². The third-order valence-electron chi connectivity index (χ3n) is 4.57. The van der Waals surface area contributed by atoms with Gasteiger partial charge >= 0.3 is 0 Å². The van der Waals surface area contributed by atoms with Gasteiger partial charge in [-0.05, 0) is 38.0 Å². The average Bonchev–Trinajstić information content (AvgIpc) is 3.12. The second kappa shape index (κ2) is 7.48. The van der Waals surface area contributed by atoms with E-state index in [9.17, 15) is 15.2 Å². The minimum atomic E-state index is -0.465. The van der Waals surface area contributed by atoms with Crippen molar-refractivity contribution in [1.82, 2.24) is 4.57 Å². The number of azo groups is 1. The fourth-order valence-electron chi connectivity index (χ4n) is 3.20. The number of hydrogen-bond acceptors (Lipinski definition) is 5. The Hall–Kier alpha value is -2.36. The molecule has 26 heavy (non-hydrogen) atoms. The van der Waals surface area contributed by atoms with E-state index in [-0.39, 0.29) is 28.7 Å². The van der Waals surface area contributed by atoms with Gasteiger partial charge in [0.2, 0.25) is 5.88 Å². The largest absolute Gasteiger partial charge is 0.493 e. The molecule has 1 heterocycles. The Morgan fingerprint density at radius 1 is 1.27 bits per heavy atom. The summed E-state index contributed by atoms with van der Waals surface area (Å²) < 4.78 is 1.27. The molecule has 1 aliphatic carbocycles. The molecule has 0 spiro atoms. The predicted molar refractivity (Wildman–Crippen MR) is 100.0 cm³/mol. The molecule has 2 aromatic rings. The molecule has 1 fully saturated rings. The predicted octanol–water partition coefficient (Wildman–Crippen LogP) is 5.57. The lowest BCUT2D eigenvalue weighted by molar-refractivity contribution is 0.368. The third-order valence-corrected chi connectivity index (χ3v) is 5.13. The van der Waals surface area contributed by atoms with E-state index in [1.807, 2.05) is 6.07 Å². The van der Waals surface area contributed by atoms with Crippen molar-refractivity contribution in [2.24, 2.45) is 10.2 Å². The molecule has 8 heteroatoms. The summed E-state index contributed by atoms with van der Waals surface area (Å²) in [6.07, 6.45) is 3.50. The fraction of sp³-hybridized carbons (Fsp3) is 0.333. The lowest BCUT2D eigenvalue weighted by atomic mass is 10.1. The molecule has 1 aliphatic rings. The summed E-state index contributed by atoms with van der Waals surface area (Å²) in [5, 5.41) is 28.7. The zero-order valence-electron chi connectivity index (χ0n) is 14.0. The highest BCUT2D eigenvalue weighted by Crippen LogP contribution is 2.36. The summed E-state index contributed by atoms with van der Waals surface area (Å²) in [5.74, 6) is -0.304. The second-order valence-electron chi connectivity index (χ2n) is 6.19. The number of pyridine rings is 1. The van der Waals surface area contributed by atoms with Gasteiger partial charge in [0.05, 0.1) is 5.02 Å². The number of nitriles is 1. The zero-order chi connectivity index (χ0) is 18.8. The molecule has 0 amide bonds. The number of rotatable bonds is 3. The molecule has 1 aromatic carbocycles. The number of aromatic nitrogens is 1. The van der Waals surface area contributed by atoms with E-state index in [1.165, 1.54) is 10.6 Å². The van der Waals surface area contributed by atoms with E-state index in [0.717, 1.165) is 25.7 Å². The van der Waals surface area contributed by atoms with Crippen LogP contribution in [-0.2, 0) is 0 Å². The van der Waals surface area contributed by atoms with Gasteiger partial charge in [0.25, 0.3) is 5.56 Å². The summed E-state index contributed by atoms with van der Waals surface area (Å²) in [6.45, 7) is 1.56. The molecule has 1 N–H and O–H groups in total. The van der Waals surface area contributed by atoms with E-state index in [0.29, 0.717) is 15.7 Å². The van der Waals surface area contributed by atoms with Crippen LogP contribution in [0.3, 0.4) is 0 Å². The number of hydrogen-bond donors (Lipinski definition) is 1. The maximum atomic E-state index is 12.9. The van der Waals surface area contributed by atoms with Crippen molar-refractivity contribution in [3.8, 4) is 11.9 Å². The van der Waals surface area contributed by atoms with Crippen LogP contribution in [0, 0.1) is 18.3 Å². The first kappa shape index (κ1) is 18.4. The third kappa shape index (κ3) is 3.33. The highest BCUT2D eigenvalue weighted by atomic mass is 35.5. The first-order valence-electron chi connectivity index (χ1n) is 8.19. The van der Waals surface area contributed by atoms with Crippen molar-refractivity contribution in [2.75, 3.05) is 0 Å². The normalized spacial score (nSPS) is 14.8. The monoisotopic (exact) mass is 390 g/mol. The van der Waals surface area contributed by atoms with Gasteiger partial charge in [-0.25, -0.2) is 0 Å². The lowest BCUT2D eigenvalue weighted by Crippen LogP contribution is -2.24. The molecule has 0 saturated heterocycles. The van der Waals surface area contributed by atoms with Gasteiger partial charge < -0.3 is 5.11 Å². The van der Waals surface area contributed by atoms with Gasteiger partial charge in [0.15, 0.2) is 5.69 Å². The SMILES string of the molecule is Cc1c(C#N)c(O)n(C2CCCC2)c(=O)c1N=Nc1cc(Cl)ccc1Cl. The summed E-state index contributed by atoms with van der Waals surface area (Å²) in [6, 6.07) is 6.55. The topological polar surface area (TPSA) is 90.7 Å². The van der Waals surface area contributed by atoms with Crippen LogP contribution in [0.1, 0.15) is 42.9 Å². The first-order chi connectivity index (χ1) is 12.4. The molecular formula is C18H16Cl2N4O2. The lowest BCUT2D eigenvalue weighted by Gasteiger charge is -2.18. The highest BCUT2D eigenvalue weighted by molar-refractivity contribution is 6.35. The maximum Gasteiger partial charge on any atom is 0.281 e. The Kier molecular flexibility index (Phi) is 5.30. The molecule has 0 radical (unpaired) electrons. The molecule has 6 nitrogen and oxygen atoms in total. The minimum absolute atomic E-state index is 0.0160. The van der Waals surface area contributed by atoms with Crippen molar-refractivity contribution < 1.29 is 5.11 Å². The molecule has 1 saturated carbocycles. The van der Waals surface area contributed by atoms with E-state index < -0.39 is 5.56 Å². The molecule has 0 bridgehead atoms. The van der Waals surface area contributed by atoms with Crippen molar-refractivity contribution >= 4 is 34.6 Å². The van der Waals surface area contributed by atoms with E-state index in [2.05, 4.69) is 10.2 Å². The number of aromatic hydroxyl groups is 1. The fourth-order valence-corrected chi connectivity index (χ4v) is 3.52. The summed E-state index contributed by atoms with van der Waals surface area (Å²) in [7, 11) is 0. The van der Waals surface area contributed by atoms with Crippen LogP contribution in [0.2, 0.25) is 10.0 Å². The standard InChI is InChI=1S/C18H16Cl2N4O2/c1-10-13(9-21)17(25)24(12-4-2-3-5-12)18(26)16(10)23-22-15-8-11(19)6-7-14(15)20/h6-8,12,25H,2-5H2,1H3. The van der Waals surface area contributed by atoms with Crippen LogP contribution in [-0.4, -0.2) is 9.67 Å². The Morgan fingerprint density at radius 2 is 1.96 bits per heavy atom. The molecule has 0 aliphatic heterocycles. The molecule has 0 unspecified atom stereocenters. The minimum Gasteiger partial charge on any atom is -0.493 e. The van der Waals surface area contributed by atoms with Crippen LogP contribution < -0.4 is 5.56 Å². The molecular weight excluding hydrogens is 375 g/mol. The Labute approximate surface area is 160 Å².